The Bertz CT molecular complexity index is 684. The normalized spacial score (nSPS) is 19.8. The highest BCUT2D eigenvalue weighted by atomic mass is 16.6. The molecule has 23 heavy (non-hydrogen) atoms. The number of fused-ring (bicyclic) bond motifs is 1. The van der Waals surface area contributed by atoms with Crippen LogP contribution in [0.1, 0.15) is 22.6 Å². The van der Waals surface area contributed by atoms with E-state index in [2.05, 4.69) is 0 Å². The van der Waals surface area contributed by atoms with Gasteiger partial charge in [0, 0.05) is 11.1 Å². The van der Waals surface area contributed by atoms with Gasteiger partial charge in [0.25, 0.3) is 0 Å². The molecule has 122 valence electrons. The van der Waals surface area contributed by atoms with Crippen molar-refractivity contribution in [2.45, 2.75) is 18.8 Å². The molecular formula is C18H20O5. The number of methoxy groups -OCH3 is 3. The van der Waals surface area contributed by atoms with Crippen LogP contribution in [0.4, 0.5) is 0 Å². The fourth-order valence-corrected chi connectivity index (χ4v) is 3.05. The van der Waals surface area contributed by atoms with Gasteiger partial charge in [-0.25, -0.2) is 0 Å². The average molecular weight is 316 g/mol. The lowest BCUT2D eigenvalue weighted by Crippen LogP contribution is -2.29. The summed E-state index contributed by atoms with van der Waals surface area (Å²) < 4.78 is 21.8. The third-order valence-corrected chi connectivity index (χ3v) is 4.15. The Balaban J connectivity index is 2.21. The van der Waals surface area contributed by atoms with Gasteiger partial charge in [0.15, 0.2) is 6.29 Å². The fourth-order valence-electron chi connectivity index (χ4n) is 3.05. The van der Waals surface area contributed by atoms with Crippen LogP contribution in [-0.2, 0) is 11.3 Å². The molecule has 0 fully saturated rings. The van der Waals surface area contributed by atoms with Gasteiger partial charge < -0.3 is 24.1 Å². The molecule has 2 aromatic carbocycles. The van der Waals surface area contributed by atoms with Crippen LogP contribution in [0.3, 0.4) is 0 Å². The maximum absolute atomic E-state index is 10.5. The lowest BCUT2D eigenvalue weighted by atomic mass is 9.84. The van der Waals surface area contributed by atoms with E-state index in [1.807, 2.05) is 36.4 Å². The minimum Gasteiger partial charge on any atom is -0.497 e. The van der Waals surface area contributed by atoms with Crippen molar-refractivity contribution < 1.29 is 24.1 Å². The van der Waals surface area contributed by atoms with E-state index in [0.29, 0.717) is 18.1 Å². The number of hydrogen-bond acceptors (Lipinski definition) is 5. The predicted octanol–water partition coefficient (Wildman–Crippen LogP) is 2.69. The summed E-state index contributed by atoms with van der Waals surface area (Å²) in [7, 11) is 4.83. The molecular weight excluding hydrogens is 296 g/mol. The average Bonchev–Trinajstić information content (AvgIpc) is 2.60. The summed E-state index contributed by atoms with van der Waals surface area (Å²) in [5.74, 6) is 1.66. The molecule has 1 aliphatic heterocycles. The molecule has 2 atom stereocenters. The van der Waals surface area contributed by atoms with Gasteiger partial charge in [0.1, 0.15) is 17.2 Å². The number of rotatable bonds is 4. The highest BCUT2D eigenvalue weighted by Gasteiger charge is 2.35. The lowest BCUT2D eigenvalue weighted by molar-refractivity contribution is -0.126. The van der Waals surface area contributed by atoms with E-state index in [1.165, 1.54) is 0 Å². The first kappa shape index (κ1) is 15.6. The van der Waals surface area contributed by atoms with Crippen LogP contribution in [0, 0.1) is 0 Å². The van der Waals surface area contributed by atoms with Crippen molar-refractivity contribution >= 4 is 0 Å². The number of ether oxygens (including phenoxy) is 4. The summed E-state index contributed by atoms with van der Waals surface area (Å²) in [5, 5.41) is 10.5. The summed E-state index contributed by atoms with van der Waals surface area (Å²) in [6.07, 6.45) is -0.986. The third kappa shape index (κ3) is 2.73. The Hall–Kier alpha value is -2.24. The Morgan fingerprint density at radius 3 is 2.48 bits per heavy atom. The lowest BCUT2D eigenvalue weighted by Gasteiger charge is -2.32. The van der Waals surface area contributed by atoms with Crippen molar-refractivity contribution in [3.8, 4) is 17.2 Å². The van der Waals surface area contributed by atoms with Gasteiger partial charge in [0.2, 0.25) is 0 Å². The van der Waals surface area contributed by atoms with Gasteiger partial charge in [0.05, 0.1) is 33.9 Å². The highest BCUT2D eigenvalue weighted by Crippen LogP contribution is 2.44. The highest BCUT2D eigenvalue weighted by molar-refractivity contribution is 5.53. The van der Waals surface area contributed by atoms with E-state index in [0.717, 1.165) is 22.4 Å². The Kier molecular flexibility index (Phi) is 4.41. The van der Waals surface area contributed by atoms with E-state index >= 15 is 0 Å². The molecule has 2 unspecified atom stereocenters. The molecule has 5 nitrogen and oxygen atoms in total. The molecule has 3 rings (SSSR count). The second-order valence-electron chi connectivity index (χ2n) is 5.32. The summed E-state index contributed by atoms with van der Waals surface area (Å²) in [6.45, 7) is 0.344. The number of aliphatic hydroxyl groups is 1. The van der Waals surface area contributed by atoms with E-state index in [-0.39, 0.29) is 0 Å². The Labute approximate surface area is 135 Å². The molecule has 0 saturated carbocycles. The van der Waals surface area contributed by atoms with Gasteiger partial charge >= 0.3 is 0 Å². The summed E-state index contributed by atoms with van der Waals surface area (Å²) in [4.78, 5) is 0. The topological polar surface area (TPSA) is 57.2 Å². The number of benzene rings is 2. The molecule has 5 heteroatoms. The van der Waals surface area contributed by atoms with Gasteiger partial charge in [-0.3, -0.25) is 0 Å². The van der Waals surface area contributed by atoms with Crippen molar-refractivity contribution in [1.82, 2.24) is 0 Å². The first-order chi connectivity index (χ1) is 11.2. The molecule has 1 heterocycles. The van der Waals surface area contributed by atoms with Crippen LogP contribution < -0.4 is 14.2 Å². The van der Waals surface area contributed by atoms with E-state index in [9.17, 15) is 5.11 Å². The molecule has 2 aromatic rings. The second kappa shape index (κ2) is 6.48. The van der Waals surface area contributed by atoms with Gasteiger partial charge in [-0.2, -0.15) is 0 Å². The van der Waals surface area contributed by atoms with Crippen LogP contribution in [0.5, 0.6) is 17.2 Å². The molecule has 0 bridgehead atoms. The van der Waals surface area contributed by atoms with Crippen LogP contribution in [0.25, 0.3) is 0 Å². The first-order valence-corrected chi connectivity index (χ1v) is 7.37. The largest absolute Gasteiger partial charge is 0.497 e. The molecule has 1 N–H and O–H groups in total. The van der Waals surface area contributed by atoms with Gasteiger partial charge in [-0.1, -0.05) is 12.1 Å². The first-order valence-electron chi connectivity index (χ1n) is 7.37. The minimum absolute atomic E-state index is 0.344. The fraction of sp³-hybridized carbons (Fsp3) is 0.333. The van der Waals surface area contributed by atoms with Crippen molar-refractivity contribution in [2.75, 3.05) is 21.3 Å². The van der Waals surface area contributed by atoms with Gasteiger partial charge in [-0.05, 0) is 29.8 Å². The van der Waals surface area contributed by atoms with Crippen LogP contribution in [0.15, 0.2) is 36.4 Å². The van der Waals surface area contributed by atoms with E-state index in [1.54, 1.807) is 21.3 Å². The van der Waals surface area contributed by atoms with Crippen molar-refractivity contribution in [3.05, 3.63) is 53.1 Å². The van der Waals surface area contributed by atoms with Crippen LogP contribution in [0.2, 0.25) is 0 Å². The molecule has 0 aromatic heterocycles. The number of aliphatic hydroxyl groups excluding tert-OH is 1. The standard InChI is InChI=1S/C18H20O5/c1-20-12-7-8-14(21-2)13(9-12)17-16-11(10-23-18(17)19)5-4-6-15(16)22-3/h4-9,17-19H,10H2,1-3H3. The van der Waals surface area contributed by atoms with E-state index in [4.69, 9.17) is 18.9 Å². The Morgan fingerprint density at radius 2 is 1.78 bits per heavy atom. The van der Waals surface area contributed by atoms with Crippen LogP contribution >= 0.6 is 0 Å². The molecule has 0 aliphatic carbocycles. The maximum Gasteiger partial charge on any atom is 0.166 e. The second-order valence-corrected chi connectivity index (χ2v) is 5.32. The maximum atomic E-state index is 10.5. The smallest absolute Gasteiger partial charge is 0.166 e. The minimum atomic E-state index is -0.986. The molecule has 0 amide bonds. The quantitative estimate of drug-likeness (QED) is 0.940. The van der Waals surface area contributed by atoms with Crippen molar-refractivity contribution in [2.24, 2.45) is 0 Å². The molecule has 1 aliphatic rings. The van der Waals surface area contributed by atoms with E-state index < -0.39 is 12.2 Å². The molecule has 0 saturated heterocycles. The third-order valence-electron chi connectivity index (χ3n) is 4.15. The zero-order chi connectivity index (χ0) is 16.4. The predicted molar refractivity (Wildman–Crippen MR) is 85.2 cm³/mol. The van der Waals surface area contributed by atoms with Gasteiger partial charge in [-0.15, -0.1) is 0 Å². The SMILES string of the molecule is COc1ccc(OC)c(C2c3c(cccc3OC)COC2O)c1. The molecule has 0 spiro atoms. The van der Waals surface area contributed by atoms with Crippen LogP contribution in [-0.4, -0.2) is 32.7 Å². The Morgan fingerprint density at radius 1 is 1.00 bits per heavy atom. The summed E-state index contributed by atoms with van der Waals surface area (Å²) in [5.41, 5.74) is 2.70. The molecule has 0 radical (unpaired) electrons. The zero-order valence-electron chi connectivity index (χ0n) is 13.4. The zero-order valence-corrected chi connectivity index (χ0v) is 13.4. The monoisotopic (exact) mass is 316 g/mol. The van der Waals surface area contributed by atoms with Crippen molar-refractivity contribution in [3.63, 3.8) is 0 Å². The summed E-state index contributed by atoms with van der Waals surface area (Å²) in [6, 6.07) is 11.3. The number of hydrogen-bond donors (Lipinski definition) is 1. The van der Waals surface area contributed by atoms with Crippen molar-refractivity contribution in [1.29, 1.82) is 0 Å². The summed E-state index contributed by atoms with van der Waals surface area (Å²) >= 11 is 0.